The molecular weight excluding hydrogens is 316 g/mol. The number of β-amino-alcohol motifs (C(OH)–C–C–N with tert-alkyl or cyclic N) is 1. The summed E-state index contributed by atoms with van der Waals surface area (Å²) in [5, 5.41) is 18.4. The van der Waals surface area contributed by atoms with Gasteiger partial charge in [0.05, 0.1) is 23.2 Å². The van der Waals surface area contributed by atoms with Crippen LogP contribution in [0.15, 0.2) is 41.6 Å². The van der Waals surface area contributed by atoms with Crippen LogP contribution in [0.25, 0.3) is 0 Å². The van der Waals surface area contributed by atoms with Crippen molar-refractivity contribution in [3.63, 3.8) is 0 Å². The molecule has 1 aliphatic rings. The van der Waals surface area contributed by atoms with Crippen molar-refractivity contribution in [2.24, 2.45) is 0 Å². The lowest BCUT2D eigenvalue weighted by Gasteiger charge is -2.38. The zero-order chi connectivity index (χ0) is 16.5. The molecule has 2 aromatic rings. The highest BCUT2D eigenvalue weighted by molar-refractivity contribution is 7.89. The van der Waals surface area contributed by atoms with Crippen molar-refractivity contribution in [1.82, 2.24) is 19.3 Å². The Morgan fingerprint density at radius 3 is 2.83 bits per heavy atom. The van der Waals surface area contributed by atoms with Crippen LogP contribution in [0, 0.1) is 6.92 Å². The second-order valence-corrected chi connectivity index (χ2v) is 7.94. The van der Waals surface area contributed by atoms with E-state index in [1.54, 1.807) is 31.3 Å². The Labute approximate surface area is 135 Å². The first-order chi connectivity index (χ1) is 10.9. The van der Waals surface area contributed by atoms with E-state index in [0.717, 1.165) is 0 Å². The third-order valence-electron chi connectivity index (χ3n) is 4.16. The molecule has 2 heterocycles. The monoisotopic (exact) mass is 336 g/mol. The minimum Gasteiger partial charge on any atom is -0.387 e. The largest absolute Gasteiger partial charge is 0.387 e. The van der Waals surface area contributed by atoms with Gasteiger partial charge in [-0.1, -0.05) is 23.4 Å². The molecule has 0 spiro atoms. The van der Waals surface area contributed by atoms with Crippen molar-refractivity contribution in [2.75, 3.05) is 13.1 Å². The maximum Gasteiger partial charge on any atom is 0.243 e. The van der Waals surface area contributed by atoms with Gasteiger partial charge in [0.1, 0.15) is 0 Å². The quantitative estimate of drug-likeness (QED) is 0.892. The van der Waals surface area contributed by atoms with Gasteiger partial charge in [0.15, 0.2) is 0 Å². The third-order valence-corrected chi connectivity index (χ3v) is 6.17. The number of aromatic nitrogens is 3. The lowest BCUT2D eigenvalue weighted by atomic mass is 9.94. The second kappa shape index (κ2) is 6.03. The highest BCUT2D eigenvalue weighted by Crippen LogP contribution is 2.28. The van der Waals surface area contributed by atoms with E-state index in [9.17, 15) is 13.5 Å². The fourth-order valence-electron chi connectivity index (χ4n) is 3.01. The van der Waals surface area contributed by atoms with Crippen LogP contribution in [-0.2, 0) is 16.6 Å². The fourth-order valence-corrected chi connectivity index (χ4v) is 4.79. The maximum absolute atomic E-state index is 12.9. The molecule has 1 N–H and O–H groups in total. The number of sulfonamides is 1. The summed E-state index contributed by atoms with van der Waals surface area (Å²) in [4.78, 5) is 0.296. The van der Waals surface area contributed by atoms with Crippen LogP contribution < -0.4 is 0 Å². The molecule has 0 amide bonds. The van der Waals surface area contributed by atoms with Crippen LogP contribution in [0.2, 0.25) is 0 Å². The number of hydrogen-bond acceptors (Lipinski definition) is 5. The summed E-state index contributed by atoms with van der Waals surface area (Å²) in [6.07, 6.45) is 4.34. The molecule has 1 saturated heterocycles. The number of nitrogens with zero attached hydrogens (tertiary/aromatic N) is 4. The van der Waals surface area contributed by atoms with E-state index in [4.69, 9.17) is 0 Å². The average molecular weight is 336 g/mol. The SMILES string of the molecule is Cc1ccccc1S(=O)(=O)N1CCCC(O)(Cn2ccnn2)C1. The Balaban J connectivity index is 1.84. The van der Waals surface area contributed by atoms with Crippen LogP contribution in [0.5, 0.6) is 0 Å². The Morgan fingerprint density at radius 2 is 2.13 bits per heavy atom. The molecule has 3 rings (SSSR count). The predicted molar refractivity (Wildman–Crippen MR) is 84.1 cm³/mol. The minimum absolute atomic E-state index is 0.0591. The van der Waals surface area contributed by atoms with Crippen LogP contribution >= 0.6 is 0 Å². The van der Waals surface area contributed by atoms with Crippen LogP contribution in [0.1, 0.15) is 18.4 Å². The minimum atomic E-state index is -3.61. The molecule has 1 atom stereocenters. The fraction of sp³-hybridized carbons (Fsp3) is 0.467. The molecule has 0 bridgehead atoms. The standard InChI is InChI=1S/C15H20N4O3S/c1-13-5-2-3-6-14(13)23(21,22)19-9-4-7-15(20,12-19)11-18-10-8-16-17-18/h2-3,5-6,8,10,20H,4,7,9,11-12H2,1H3. The molecule has 0 saturated carbocycles. The van der Waals surface area contributed by atoms with Crippen molar-refractivity contribution in [3.05, 3.63) is 42.2 Å². The van der Waals surface area contributed by atoms with Gasteiger partial charge in [0.2, 0.25) is 10.0 Å². The first kappa shape index (κ1) is 16.1. The highest BCUT2D eigenvalue weighted by Gasteiger charge is 2.39. The summed E-state index contributed by atoms with van der Waals surface area (Å²) < 4.78 is 28.7. The molecule has 0 radical (unpaired) electrons. The Kier molecular flexibility index (Phi) is 4.22. The number of aryl methyl sites for hydroxylation is 1. The van der Waals surface area contributed by atoms with Crippen molar-refractivity contribution in [1.29, 1.82) is 0 Å². The summed E-state index contributed by atoms with van der Waals surface area (Å²) in [6.45, 7) is 2.48. The van der Waals surface area contributed by atoms with Crippen LogP contribution in [0.4, 0.5) is 0 Å². The van der Waals surface area contributed by atoms with E-state index >= 15 is 0 Å². The van der Waals surface area contributed by atoms with Crippen molar-refractivity contribution < 1.29 is 13.5 Å². The van der Waals surface area contributed by atoms with Crippen LogP contribution in [-0.4, -0.2) is 51.5 Å². The molecule has 7 nitrogen and oxygen atoms in total. The molecule has 0 aliphatic carbocycles. The molecule has 23 heavy (non-hydrogen) atoms. The summed E-state index contributed by atoms with van der Waals surface area (Å²) in [6, 6.07) is 6.91. The molecule has 8 heteroatoms. The molecule has 124 valence electrons. The molecular formula is C15H20N4O3S. The molecule has 1 aliphatic heterocycles. The summed E-state index contributed by atoms with van der Waals surface area (Å²) in [5.41, 5.74) is -0.431. The molecule has 1 fully saturated rings. The van der Waals surface area contributed by atoms with Gasteiger partial charge in [0.25, 0.3) is 0 Å². The normalized spacial score (nSPS) is 23.0. The number of rotatable bonds is 4. The second-order valence-electron chi connectivity index (χ2n) is 6.03. The van der Waals surface area contributed by atoms with E-state index < -0.39 is 15.6 Å². The van der Waals surface area contributed by atoms with Gasteiger partial charge in [-0.2, -0.15) is 4.31 Å². The van der Waals surface area contributed by atoms with E-state index in [-0.39, 0.29) is 13.1 Å². The van der Waals surface area contributed by atoms with Gasteiger partial charge in [-0.15, -0.1) is 5.10 Å². The van der Waals surface area contributed by atoms with Gasteiger partial charge < -0.3 is 5.11 Å². The Bertz CT molecular complexity index is 776. The highest BCUT2D eigenvalue weighted by atomic mass is 32.2. The van der Waals surface area contributed by atoms with Gasteiger partial charge in [-0.3, -0.25) is 0 Å². The van der Waals surface area contributed by atoms with Gasteiger partial charge in [-0.05, 0) is 31.4 Å². The number of aliphatic hydroxyl groups is 1. The number of hydrogen-bond donors (Lipinski definition) is 1. The smallest absolute Gasteiger partial charge is 0.243 e. The van der Waals surface area contributed by atoms with Crippen molar-refractivity contribution in [3.8, 4) is 0 Å². The Morgan fingerprint density at radius 1 is 1.35 bits per heavy atom. The zero-order valence-electron chi connectivity index (χ0n) is 13.0. The molecule has 1 aromatic heterocycles. The van der Waals surface area contributed by atoms with Crippen LogP contribution in [0.3, 0.4) is 0 Å². The van der Waals surface area contributed by atoms with E-state index in [0.29, 0.717) is 29.8 Å². The van der Waals surface area contributed by atoms with Crippen molar-refractivity contribution >= 4 is 10.0 Å². The summed E-state index contributed by atoms with van der Waals surface area (Å²) >= 11 is 0. The van der Waals surface area contributed by atoms with E-state index in [1.807, 2.05) is 6.07 Å². The lowest BCUT2D eigenvalue weighted by molar-refractivity contribution is -0.0248. The maximum atomic E-state index is 12.9. The predicted octanol–water partition coefficient (Wildman–Crippen LogP) is 0.802. The molecule has 1 aromatic carbocycles. The van der Waals surface area contributed by atoms with Crippen molar-refractivity contribution in [2.45, 2.75) is 36.8 Å². The van der Waals surface area contributed by atoms with Gasteiger partial charge in [0, 0.05) is 19.3 Å². The Hall–Kier alpha value is -1.77. The molecule has 1 unspecified atom stereocenters. The van der Waals surface area contributed by atoms with E-state index in [1.165, 1.54) is 15.2 Å². The topological polar surface area (TPSA) is 88.3 Å². The zero-order valence-corrected chi connectivity index (χ0v) is 13.8. The van der Waals surface area contributed by atoms with Gasteiger partial charge in [-0.25, -0.2) is 13.1 Å². The first-order valence-electron chi connectivity index (χ1n) is 7.53. The summed E-state index contributed by atoms with van der Waals surface area (Å²) in [5.74, 6) is 0. The third kappa shape index (κ3) is 3.29. The van der Waals surface area contributed by atoms with E-state index in [2.05, 4.69) is 10.3 Å². The number of benzene rings is 1. The lowest BCUT2D eigenvalue weighted by Crippen LogP contribution is -2.52. The first-order valence-corrected chi connectivity index (χ1v) is 8.97. The summed E-state index contributed by atoms with van der Waals surface area (Å²) in [7, 11) is -3.61. The number of piperidine rings is 1. The average Bonchev–Trinajstić information content (AvgIpc) is 2.99. The van der Waals surface area contributed by atoms with Gasteiger partial charge >= 0.3 is 0 Å².